The van der Waals surface area contributed by atoms with Crippen molar-refractivity contribution < 1.29 is 19.0 Å². The molecule has 0 radical (unpaired) electrons. The number of hydrogen-bond donors (Lipinski definition) is 0. The number of methoxy groups -OCH3 is 1. The summed E-state index contributed by atoms with van der Waals surface area (Å²) in [6, 6.07) is 11.7. The Morgan fingerprint density at radius 3 is 2.32 bits per heavy atom. The van der Waals surface area contributed by atoms with Crippen LogP contribution in [0.3, 0.4) is 0 Å². The topological polar surface area (TPSA) is 60.9 Å². The fourth-order valence-electron chi connectivity index (χ4n) is 4.25. The quantitative estimate of drug-likeness (QED) is 0.688. The zero-order chi connectivity index (χ0) is 19.3. The minimum Gasteiger partial charge on any atom is -0.491 e. The van der Waals surface area contributed by atoms with E-state index in [1.165, 1.54) is 0 Å². The molecule has 0 aliphatic carbocycles. The van der Waals surface area contributed by atoms with Gasteiger partial charge in [-0.1, -0.05) is 0 Å². The van der Waals surface area contributed by atoms with Crippen molar-refractivity contribution in [3.05, 3.63) is 54.4 Å². The van der Waals surface area contributed by atoms with Crippen LogP contribution in [0, 0.1) is 0 Å². The number of hydrogen-bond acceptors (Lipinski definition) is 5. The van der Waals surface area contributed by atoms with Crippen molar-refractivity contribution in [1.82, 2.24) is 9.88 Å². The first-order chi connectivity index (χ1) is 13.7. The Kier molecular flexibility index (Phi) is 5.76. The van der Waals surface area contributed by atoms with Crippen LogP contribution in [0.4, 0.5) is 0 Å². The van der Waals surface area contributed by atoms with Crippen LogP contribution in [0.2, 0.25) is 0 Å². The van der Waals surface area contributed by atoms with Gasteiger partial charge in [0, 0.05) is 50.0 Å². The molecule has 2 aromatic rings. The maximum atomic E-state index is 13.1. The molecule has 2 atom stereocenters. The summed E-state index contributed by atoms with van der Waals surface area (Å²) in [5.41, 5.74) is 0.712. The van der Waals surface area contributed by atoms with Gasteiger partial charge < -0.3 is 19.1 Å². The Labute approximate surface area is 165 Å². The summed E-state index contributed by atoms with van der Waals surface area (Å²) in [6.45, 7) is 1.04. The van der Waals surface area contributed by atoms with Gasteiger partial charge in [0.25, 0.3) is 5.91 Å². The molecule has 2 bridgehead atoms. The molecule has 1 aromatic carbocycles. The van der Waals surface area contributed by atoms with Crippen molar-refractivity contribution in [2.45, 2.75) is 43.9 Å². The van der Waals surface area contributed by atoms with Gasteiger partial charge in [-0.2, -0.15) is 0 Å². The molecular formula is C22H26N2O4. The third-order valence-corrected chi connectivity index (χ3v) is 5.53. The van der Waals surface area contributed by atoms with Gasteiger partial charge in [0.2, 0.25) is 0 Å². The lowest BCUT2D eigenvalue weighted by Gasteiger charge is -2.39. The van der Waals surface area contributed by atoms with E-state index < -0.39 is 0 Å². The van der Waals surface area contributed by atoms with Gasteiger partial charge in [-0.05, 0) is 49.2 Å². The standard InChI is InChI=1S/C22H26N2O4/c1-26-12-13-27-19-6-2-16(3-7-19)22(25)24-17-4-5-18(24)15-21(14-17)28-20-8-10-23-11-9-20/h2-3,6-11,17-18,21H,4-5,12-15H2,1H3. The molecule has 2 unspecified atom stereocenters. The molecule has 2 saturated heterocycles. The van der Waals surface area contributed by atoms with Crippen LogP contribution in [0.15, 0.2) is 48.8 Å². The Morgan fingerprint density at radius 1 is 1.00 bits per heavy atom. The van der Waals surface area contributed by atoms with Crippen molar-refractivity contribution in [1.29, 1.82) is 0 Å². The second kappa shape index (κ2) is 8.61. The van der Waals surface area contributed by atoms with Gasteiger partial charge in [0.15, 0.2) is 0 Å². The summed E-state index contributed by atoms with van der Waals surface area (Å²) >= 11 is 0. The van der Waals surface area contributed by atoms with Crippen LogP contribution >= 0.6 is 0 Å². The Bertz CT molecular complexity index is 767. The van der Waals surface area contributed by atoms with Crippen molar-refractivity contribution in [2.75, 3.05) is 20.3 Å². The third-order valence-electron chi connectivity index (χ3n) is 5.53. The van der Waals surface area contributed by atoms with E-state index >= 15 is 0 Å². The number of amides is 1. The van der Waals surface area contributed by atoms with E-state index in [4.69, 9.17) is 14.2 Å². The molecule has 1 aromatic heterocycles. The summed E-state index contributed by atoms with van der Waals surface area (Å²) in [5.74, 6) is 1.71. The predicted molar refractivity (Wildman–Crippen MR) is 105 cm³/mol. The van der Waals surface area contributed by atoms with Gasteiger partial charge >= 0.3 is 0 Å². The molecule has 3 heterocycles. The minimum absolute atomic E-state index is 0.110. The summed E-state index contributed by atoms with van der Waals surface area (Å²) in [4.78, 5) is 19.2. The molecule has 0 spiro atoms. The van der Waals surface area contributed by atoms with E-state index in [-0.39, 0.29) is 24.1 Å². The van der Waals surface area contributed by atoms with Gasteiger partial charge in [0.05, 0.1) is 6.61 Å². The highest BCUT2D eigenvalue weighted by molar-refractivity contribution is 5.95. The van der Waals surface area contributed by atoms with Crippen LogP contribution in [0.5, 0.6) is 11.5 Å². The van der Waals surface area contributed by atoms with Crippen molar-refractivity contribution in [3.63, 3.8) is 0 Å². The number of aromatic nitrogens is 1. The molecule has 6 heteroatoms. The third kappa shape index (κ3) is 4.12. The highest BCUT2D eigenvalue weighted by Crippen LogP contribution is 2.38. The Balaban J connectivity index is 1.38. The average Bonchev–Trinajstić information content (AvgIpc) is 2.99. The fourth-order valence-corrected chi connectivity index (χ4v) is 4.25. The lowest BCUT2D eigenvalue weighted by Crippen LogP contribution is -2.49. The molecule has 28 heavy (non-hydrogen) atoms. The van der Waals surface area contributed by atoms with Gasteiger partial charge in [-0.25, -0.2) is 0 Å². The number of benzene rings is 1. The normalized spacial score (nSPS) is 23.5. The maximum absolute atomic E-state index is 13.1. The number of piperidine rings is 1. The summed E-state index contributed by atoms with van der Waals surface area (Å²) in [6.07, 6.45) is 7.48. The second-order valence-corrected chi connectivity index (χ2v) is 7.36. The van der Waals surface area contributed by atoms with E-state index in [0.29, 0.717) is 18.8 Å². The molecular weight excluding hydrogens is 356 g/mol. The Hall–Kier alpha value is -2.60. The van der Waals surface area contributed by atoms with Gasteiger partial charge in [0.1, 0.15) is 24.2 Å². The number of ether oxygens (including phenoxy) is 3. The van der Waals surface area contributed by atoms with Crippen LogP contribution < -0.4 is 9.47 Å². The second-order valence-electron chi connectivity index (χ2n) is 7.36. The van der Waals surface area contributed by atoms with E-state index in [0.717, 1.165) is 37.2 Å². The number of carbonyl (C=O) groups is 1. The zero-order valence-corrected chi connectivity index (χ0v) is 16.1. The van der Waals surface area contributed by atoms with Crippen LogP contribution in [0.25, 0.3) is 0 Å². The molecule has 0 saturated carbocycles. The minimum atomic E-state index is 0.110. The predicted octanol–water partition coefficient (Wildman–Crippen LogP) is 3.32. The Morgan fingerprint density at radius 2 is 1.68 bits per heavy atom. The molecule has 148 valence electrons. The fraction of sp³-hybridized carbons (Fsp3) is 0.455. The van der Waals surface area contributed by atoms with E-state index in [9.17, 15) is 4.79 Å². The van der Waals surface area contributed by atoms with Crippen LogP contribution in [-0.4, -0.2) is 54.3 Å². The molecule has 2 fully saturated rings. The average molecular weight is 382 g/mol. The summed E-state index contributed by atoms with van der Waals surface area (Å²) < 4.78 is 16.7. The summed E-state index contributed by atoms with van der Waals surface area (Å²) in [5, 5.41) is 0. The van der Waals surface area contributed by atoms with Crippen molar-refractivity contribution in [3.8, 4) is 11.5 Å². The largest absolute Gasteiger partial charge is 0.491 e. The first-order valence-corrected chi connectivity index (χ1v) is 9.85. The highest BCUT2D eigenvalue weighted by Gasteiger charge is 2.44. The molecule has 2 aliphatic rings. The smallest absolute Gasteiger partial charge is 0.254 e. The molecule has 1 amide bonds. The molecule has 0 N–H and O–H groups in total. The van der Waals surface area contributed by atoms with E-state index in [1.54, 1.807) is 19.5 Å². The van der Waals surface area contributed by atoms with Crippen molar-refractivity contribution >= 4 is 5.91 Å². The van der Waals surface area contributed by atoms with E-state index in [1.807, 2.05) is 36.4 Å². The van der Waals surface area contributed by atoms with Crippen molar-refractivity contribution in [2.24, 2.45) is 0 Å². The molecule has 2 aliphatic heterocycles. The van der Waals surface area contributed by atoms with Crippen LogP contribution in [0.1, 0.15) is 36.0 Å². The number of carbonyl (C=O) groups excluding carboxylic acids is 1. The SMILES string of the molecule is COCCOc1ccc(C(=O)N2C3CCC2CC(Oc2ccncc2)C3)cc1. The lowest BCUT2D eigenvalue weighted by atomic mass is 9.98. The van der Waals surface area contributed by atoms with Gasteiger partial charge in [-0.15, -0.1) is 0 Å². The lowest BCUT2D eigenvalue weighted by molar-refractivity contribution is 0.0358. The first kappa shape index (κ1) is 18.7. The zero-order valence-electron chi connectivity index (χ0n) is 16.1. The highest BCUT2D eigenvalue weighted by atomic mass is 16.5. The number of pyridine rings is 1. The van der Waals surface area contributed by atoms with E-state index in [2.05, 4.69) is 9.88 Å². The maximum Gasteiger partial charge on any atom is 0.254 e. The summed E-state index contributed by atoms with van der Waals surface area (Å²) in [7, 11) is 1.64. The monoisotopic (exact) mass is 382 g/mol. The molecule has 4 rings (SSSR count). The number of rotatable bonds is 7. The first-order valence-electron chi connectivity index (χ1n) is 9.85. The van der Waals surface area contributed by atoms with Gasteiger partial charge in [-0.3, -0.25) is 9.78 Å². The molecule has 6 nitrogen and oxygen atoms in total. The number of fused-ring (bicyclic) bond motifs is 2. The number of nitrogens with zero attached hydrogens (tertiary/aromatic N) is 2. The van der Waals surface area contributed by atoms with Crippen LogP contribution in [-0.2, 0) is 4.74 Å².